The van der Waals surface area contributed by atoms with Crippen molar-refractivity contribution in [2.75, 3.05) is 13.2 Å². The van der Waals surface area contributed by atoms with Crippen LogP contribution in [0.1, 0.15) is 12.6 Å². The molecule has 0 saturated heterocycles. The van der Waals surface area contributed by atoms with Gasteiger partial charge in [-0.3, -0.25) is 4.79 Å². The lowest BCUT2D eigenvalue weighted by atomic mass is 10.1. The normalized spacial score (nSPS) is 10.4. The fourth-order valence-electron chi connectivity index (χ4n) is 2.33. The maximum Gasteiger partial charge on any atom is 0.258 e. The number of ether oxygens (including phenoxy) is 2. The van der Waals surface area contributed by atoms with Crippen LogP contribution in [-0.4, -0.2) is 24.3 Å². The molecule has 6 nitrogen and oxygen atoms in total. The molecule has 140 valence electrons. The first-order chi connectivity index (χ1) is 13.1. The van der Waals surface area contributed by atoms with Crippen LogP contribution >= 0.6 is 0 Å². The minimum Gasteiger partial charge on any atom is -0.494 e. The summed E-state index contributed by atoms with van der Waals surface area (Å²) in [4.78, 5) is 11.9. The number of nitrogens with one attached hydrogen (secondary N) is 1. The lowest BCUT2D eigenvalue weighted by Crippen LogP contribution is -2.28. The van der Waals surface area contributed by atoms with Gasteiger partial charge in [0.15, 0.2) is 12.4 Å². The Morgan fingerprint density at radius 3 is 2.41 bits per heavy atom. The summed E-state index contributed by atoms with van der Waals surface area (Å²) < 4.78 is 28.9. The smallest absolute Gasteiger partial charge is 0.258 e. The molecule has 1 heterocycles. The Kier molecular flexibility index (Phi) is 6.04. The fourth-order valence-corrected chi connectivity index (χ4v) is 2.33. The fraction of sp³-hybridized carbons (Fsp3) is 0.200. The topological polar surface area (TPSA) is 73.6 Å². The van der Waals surface area contributed by atoms with E-state index in [1.54, 1.807) is 42.5 Å². The van der Waals surface area contributed by atoms with Crippen molar-refractivity contribution in [1.82, 2.24) is 10.5 Å². The zero-order valence-electron chi connectivity index (χ0n) is 14.8. The van der Waals surface area contributed by atoms with E-state index in [-0.39, 0.29) is 24.9 Å². The van der Waals surface area contributed by atoms with E-state index in [4.69, 9.17) is 14.0 Å². The molecule has 0 aliphatic heterocycles. The monoisotopic (exact) mass is 370 g/mol. The Morgan fingerprint density at radius 2 is 1.74 bits per heavy atom. The number of hydrogen-bond acceptors (Lipinski definition) is 5. The zero-order valence-corrected chi connectivity index (χ0v) is 14.8. The Balaban J connectivity index is 1.46. The standard InChI is InChI=1S/C20H19FN2O4/c1-2-25-17-7-9-18(10-8-17)26-13-20(24)22-12-16-11-19(27-23-16)14-3-5-15(21)6-4-14/h3-11H,2,12-13H2,1H3,(H,22,24). The van der Waals surface area contributed by atoms with Gasteiger partial charge < -0.3 is 19.3 Å². The maximum atomic E-state index is 13.0. The van der Waals surface area contributed by atoms with Crippen molar-refractivity contribution < 1.29 is 23.2 Å². The molecule has 3 rings (SSSR count). The van der Waals surface area contributed by atoms with Gasteiger partial charge in [-0.25, -0.2) is 4.39 Å². The van der Waals surface area contributed by atoms with Crippen LogP contribution in [-0.2, 0) is 11.3 Å². The zero-order chi connectivity index (χ0) is 19.1. The highest BCUT2D eigenvalue weighted by molar-refractivity contribution is 5.77. The molecule has 0 radical (unpaired) electrons. The van der Waals surface area contributed by atoms with Gasteiger partial charge in [0.25, 0.3) is 5.91 Å². The molecule has 7 heteroatoms. The average molecular weight is 370 g/mol. The third-order valence-electron chi connectivity index (χ3n) is 3.66. The highest BCUT2D eigenvalue weighted by Crippen LogP contribution is 2.20. The summed E-state index contributed by atoms with van der Waals surface area (Å²) >= 11 is 0. The summed E-state index contributed by atoms with van der Waals surface area (Å²) in [7, 11) is 0. The van der Waals surface area contributed by atoms with E-state index in [2.05, 4.69) is 10.5 Å². The van der Waals surface area contributed by atoms with Gasteiger partial charge in [-0.1, -0.05) is 5.16 Å². The van der Waals surface area contributed by atoms with E-state index in [9.17, 15) is 9.18 Å². The van der Waals surface area contributed by atoms with Crippen molar-refractivity contribution in [2.45, 2.75) is 13.5 Å². The summed E-state index contributed by atoms with van der Waals surface area (Å²) in [6.45, 7) is 2.59. The quantitative estimate of drug-likeness (QED) is 0.656. The predicted octanol–water partition coefficient (Wildman–Crippen LogP) is 3.57. The third kappa shape index (κ3) is 5.31. The second kappa shape index (κ2) is 8.84. The first kappa shape index (κ1) is 18.4. The summed E-state index contributed by atoms with van der Waals surface area (Å²) in [5.41, 5.74) is 1.27. The van der Waals surface area contributed by atoms with Crippen LogP contribution in [0.4, 0.5) is 4.39 Å². The highest BCUT2D eigenvalue weighted by Gasteiger charge is 2.09. The molecule has 1 N–H and O–H groups in total. The van der Waals surface area contributed by atoms with Crippen LogP contribution in [0, 0.1) is 5.82 Å². The van der Waals surface area contributed by atoms with Gasteiger partial charge in [-0.15, -0.1) is 0 Å². The number of hydrogen-bond donors (Lipinski definition) is 1. The Labute approximate surface area is 155 Å². The minimum atomic E-state index is -0.321. The van der Waals surface area contributed by atoms with Crippen molar-refractivity contribution in [2.24, 2.45) is 0 Å². The number of amides is 1. The number of carbonyl (C=O) groups is 1. The third-order valence-corrected chi connectivity index (χ3v) is 3.66. The van der Waals surface area contributed by atoms with Crippen LogP contribution < -0.4 is 14.8 Å². The summed E-state index contributed by atoms with van der Waals surface area (Å²) in [6.07, 6.45) is 0. The number of carbonyl (C=O) groups excluding carboxylic acids is 1. The first-order valence-electron chi connectivity index (χ1n) is 8.48. The van der Waals surface area contributed by atoms with Crippen LogP contribution in [0.2, 0.25) is 0 Å². The minimum absolute atomic E-state index is 0.114. The van der Waals surface area contributed by atoms with Gasteiger partial charge >= 0.3 is 0 Å². The number of rotatable bonds is 8. The molecule has 2 aromatic carbocycles. The van der Waals surface area contributed by atoms with Gasteiger partial charge in [-0.2, -0.15) is 0 Å². The lowest BCUT2D eigenvalue weighted by molar-refractivity contribution is -0.123. The van der Waals surface area contributed by atoms with E-state index in [0.717, 1.165) is 5.75 Å². The first-order valence-corrected chi connectivity index (χ1v) is 8.48. The van der Waals surface area contributed by atoms with Crippen LogP contribution in [0.15, 0.2) is 59.1 Å². The molecule has 0 aliphatic carbocycles. The van der Waals surface area contributed by atoms with Crippen molar-refractivity contribution in [3.63, 3.8) is 0 Å². The molecule has 0 atom stereocenters. The molecule has 0 saturated carbocycles. The largest absolute Gasteiger partial charge is 0.494 e. The molecule has 1 amide bonds. The number of nitrogens with zero attached hydrogens (tertiary/aromatic N) is 1. The van der Waals surface area contributed by atoms with Crippen molar-refractivity contribution in [3.8, 4) is 22.8 Å². The molecule has 27 heavy (non-hydrogen) atoms. The molecule has 0 aliphatic rings. The average Bonchev–Trinajstić information content (AvgIpc) is 3.16. The van der Waals surface area contributed by atoms with Crippen LogP contribution in [0.5, 0.6) is 11.5 Å². The van der Waals surface area contributed by atoms with Gasteiger partial charge in [0.2, 0.25) is 0 Å². The Bertz CT molecular complexity index is 876. The number of aromatic nitrogens is 1. The summed E-state index contributed by atoms with van der Waals surface area (Å²) in [5, 5.41) is 6.60. The lowest BCUT2D eigenvalue weighted by Gasteiger charge is -2.07. The van der Waals surface area contributed by atoms with Gasteiger partial charge in [0.05, 0.1) is 13.2 Å². The Morgan fingerprint density at radius 1 is 1.07 bits per heavy atom. The number of halogens is 1. The molecular weight excluding hydrogens is 351 g/mol. The van der Waals surface area contributed by atoms with Gasteiger partial charge in [0.1, 0.15) is 23.0 Å². The molecule has 3 aromatic rings. The summed E-state index contributed by atoms with van der Waals surface area (Å²) in [5.74, 6) is 1.23. The van der Waals surface area contributed by atoms with Crippen molar-refractivity contribution in [3.05, 3.63) is 66.1 Å². The molecule has 0 bridgehead atoms. The highest BCUT2D eigenvalue weighted by atomic mass is 19.1. The van der Waals surface area contributed by atoms with E-state index < -0.39 is 0 Å². The van der Waals surface area contributed by atoms with E-state index in [1.807, 2.05) is 6.92 Å². The second-order valence-corrected chi connectivity index (χ2v) is 5.66. The van der Waals surface area contributed by atoms with Crippen molar-refractivity contribution >= 4 is 5.91 Å². The Hall–Kier alpha value is -3.35. The summed E-state index contributed by atoms with van der Waals surface area (Å²) in [6, 6.07) is 14.6. The van der Waals surface area contributed by atoms with E-state index in [0.29, 0.717) is 29.4 Å². The van der Waals surface area contributed by atoms with E-state index in [1.165, 1.54) is 12.1 Å². The van der Waals surface area contributed by atoms with E-state index >= 15 is 0 Å². The van der Waals surface area contributed by atoms with Crippen LogP contribution in [0.25, 0.3) is 11.3 Å². The second-order valence-electron chi connectivity index (χ2n) is 5.66. The van der Waals surface area contributed by atoms with Crippen molar-refractivity contribution in [1.29, 1.82) is 0 Å². The SMILES string of the molecule is CCOc1ccc(OCC(=O)NCc2cc(-c3ccc(F)cc3)on2)cc1. The number of benzene rings is 2. The van der Waals surface area contributed by atoms with Crippen LogP contribution in [0.3, 0.4) is 0 Å². The maximum absolute atomic E-state index is 13.0. The molecule has 0 fully saturated rings. The molecular formula is C20H19FN2O4. The molecule has 1 aromatic heterocycles. The van der Waals surface area contributed by atoms with Gasteiger partial charge in [0, 0.05) is 11.6 Å². The molecule has 0 unspecified atom stereocenters. The van der Waals surface area contributed by atoms with Gasteiger partial charge in [-0.05, 0) is 55.5 Å². The predicted molar refractivity (Wildman–Crippen MR) is 96.8 cm³/mol. The molecule has 0 spiro atoms.